The fourth-order valence-corrected chi connectivity index (χ4v) is 2.79. The molecular weight excluding hydrogens is 374 g/mol. The number of carboxylic acid groups (broad SMARTS) is 1. The van der Waals surface area contributed by atoms with Gasteiger partial charge in [0.2, 0.25) is 0 Å². The molecule has 2 aromatic rings. The molecule has 0 aliphatic rings. The molecule has 124 valence electrons. The van der Waals surface area contributed by atoms with Gasteiger partial charge in [0.05, 0.1) is 17.7 Å². The van der Waals surface area contributed by atoms with Crippen LogP contribution in [0.3, 0.4) is 0 Å². The summed E-state index contributed by atoms with van der Waals surface area (Å²) in [6.45, 7) is 0.380. The van der Waals surface area contributed by atoms with Gasteiger partial charge in [-0.2, -0.15) is 5.26 Å². The second-order valence-corrected chi connectivity index (χ2v) is 5.96. The fraction of sp³-hybridized carbons (Fsp3) is 0.222. The maximum Gasteiger partial charge on any atom is 0.321 e. The molecule has 2 aromatic carbocycles. The van der Waals surface area contributed by atoms with Gasteiger partial charge in [-0.25, -0.2) is 0 Å². The molecule has 0 aromatic heterocycles. The van der Waals surface area contributed by atoms with Crippen molar-refractivity contribution in [1.29, 1.82) is 5.26 Å². The molecule has 0 saturated carbocycles. The van der Waals surface area contributed by atoms with E-state index in [0.717, 1.165) is 5.56 Å². The molecule has 0 amide bonds. The zero-order chi connectivity index (χ0) is 17.5. The van der Waals surface area contributed by atoms with Crippen molar-refractivity contribution in [2.45, 2.75) is 13.0 Å². The van der Waals surface area contributed by atoms with Gasteiger partial charge in [-0.05, 0) is 45.6 Å². The van der Waals surface area contributed by atoms with Crippen molar-refractivity contribution in [3.8, 4) is 17.6 Å². The molecule has 0 saturated heterocycles. The van der Waals surface area contributed by atoms with E-state index in [2.05, 4.69) is 15.9 Å². The summed E-state index contributed by atoms with van der Waals surface area (Å²) in [5.74, 6) is -1.22. The van der Waals surface area contributed by atoms with Gasteiger partial charge >= 0.3 is 5.97 Å². The number of carbonyl (C=O) groups is 1. The molecule has 6 heteroatoms. The lowest BCUT2D eigenvalue weighted by atomic mass is 10.0. The van der Waals surface area contributed by atoms with Crippen molar-refractivity contribution in [2.24, 2.45) is 5.92 Å². The van der Waals surface area contributed by atoms with Crippen LogP contribution in [0.5, 0.6) is 11.5 Å². The monoisotopic (exact) mass is 389 g/mol. The van der Waals surface area contributed by atoms with Gasteiger partial charge < -0.3 is 14.6 Å². The first-order chi connectivity index (χ1) is 11.5. The van der Waals surface area contributed by atoms with Gasteiger partial charge in [-0.15, -0.1) is 0 Å². The Hall–Kier alpha value is -2.52. The molecule has 1 atom stereocenters. The number of benzene rings is 2. The standard InChI is InChI=1S/C18H16BrNO4/c1-23-16-9-13(7-14(10-20)18(21)22)8-15(19)17(16)24-11-12-5-3-2-4-6-12/h2-6,8-9,14H,7,11H2,1H3,(H,21,22). The molecule has 5 nitrogen and oxygen atoms in total. The minimum atomic E-state index is -1.14. The summed E-state index contributed by atoms with van der Waals surface area (Å²) in [7, 11) is 1.51. The van der Waals surface area contributed by atoms with Crippen LogP contribution in [-0.4, -0.2) is 18.2 Å². The van der Waals surface area contributed by atoms with Gasteiger partial charge in [0.25, 0.3) is 0 Å². The number of aliphatic carboxylic acids is 1. The number of halogens is 1. The van der Waals surface area contributed by atoms with Crippen LogP contribution in [0.1, 0.15) is 11.1 Å². The van der Waals surface area contributed by atoms with Crippen LogP contribution in [0.15, 0.2) is 46.9 Å². The maximum absolute atomic E-state index is 11.0. The zero-order valence-electron chi connectivity index (χ0n) is 13.0. The smallest absolute Gasteiger partial charge is 0.321 e. The summed E-state index contributed by atoms with van der Waals surface area (Å²) in [4.78, 5) is 11.0. The summed E-state index contributed by atoms with van der Waals surface area (Å²) in [5.41, 5.74) is 1.70. The molecule has 1 N–H and O–H groups in total. The molecule has 0 aliphatic heterocycles. The number of nitrogens with zero attached hydrogens (tertiary/aromatic N) is 1. The lowest BCUT2D eigenvalue weighted by Gasteiger charge is -2.15. The van der Waals surface area contributed by atoms with Crippen LogP contribution in [-0.2, 0) is 17.8 Å². The van der Waals surface area contributed by atoms with Crippen molar-refractivity contribution in [1.82, 2.24) is 0 Å². The number of methoxy groups -OCH3 is 1. The van der Waals surface area contributed by atoms with Crippen molar-refractivity contribution < 1.29 is 19.4 Å². The van der Waals surface area contributed by atoms with E-state index in [1.165, 1.54) is 7.11 Å². The molecule has 0 fully saturated rings. The Bertz CT molecular complexity index is 756. The van der Waals surface area contributed by atoms with E-state index in [4.69, 9.17) is 19.8 Å². The number of hydrogen-bond acceptors (Lipinski definition) is 4. The molecule has 0 spiro atoms. The first kappa shape index (κ1) is 17.8. The van der Waals surface area contributed by atoms with Crippen molar-refractivity contribution in [3.63, 3.8) is 0 Å². The fourth-order valence-electron chi connectivity index (χ4n) is 2.18. The van der Waals surface area contributed by atoms with Gasteiger partial charge in [-0.1, -0.05) is 30.3 Å². The highest BCUT2D eigenvalue weighted by Gasteiger charge is 2.19. The molecule has 2 rings (SSSR count). The predicted molar refractivity (Wildman–Crippen MR) is 91.9 cm³/mol. The highest BCUT2D eigenvalue weighted by molar-refractivity contribution is 9.10. The minimum Gasteiger partial charge on any atom is -0.493 e. The Kier molecular flexibility index (Phi) is 6.21. The quantitative estimate of drug-likeness (QED) is 0.778. The van der Waals surface area contributed by atoms with Gasteiger partial charge in [0, 0.05) is 0 Å². The van der Waals surface area contributed by atoms with Gasteiger partial charge in [-0.3, -0.25) is 4.79 Å². The van der Waals surface area contributed by atoms with E-state index >= 15 is 0 Å². The Labute approximate surface area is 148 Å². The zero-order valence-corrected chi connectivity index (χ0v) is 14.6. The number of carboxylic acids is 1. The first-order valence-electron chi connectivity index (χ1n) is 7.20. The molecule has 0 aliphatic carbocycles. The Morgan fingerprint density at radius 1 is 1.29 bits per heavy atom. The lowest BCUT2D eigenvalue weighted by molar-refractivity contribution is -0.139. The summed E-state index contributed by atoms with van der Waals surface area (Å²) in [6, 6.07) is 14.9. The minimum absolute atomic E-state index is 0.0970. The van der Waals surface area contributed by atoms with Crippen LogP contribution in [0, 0.1) is 17.2 Å². The lowest BCUT2D eigenvalue weighted by Crippen LogP contribution is -2.14. The first-order valence-corrected chi connectivity index (χ1v) is 8.00. The Morgan fingerprint density at radius 2 is 2.00 bits per heavy atom. The van der Waals surface area contributed by atoms with Crippen LogP contribution in [0.4, 0.5) is 0 Å². The highest BCUT2D eigenvalue weighted by Crippen LogP contribution is 2.37. The molecule has 0 bridgehead atoms. The van der Waals surface area contributed by atoms with Crippen LogP contribution in [0.25, 0.3) is 0 Å². The van der Waals surface area contributed by atoms with Gasteiger partial charge in [0.15, 0.2) is 11.5 Å². The Morgan fingerprint density at radius 3 is 2.58 bits per heavy atom. The van der Waals surface area contributed by atoms with E-state index in [1.54, 1.807) is 18.2 Å². The van der Waals surface area contributed by atoms with E-state index in [-0.39, 0.29) is 6.42 Å². The highest BCUT2D eigenvalue weighted by atomic mass is 79.9. The number of rotatable bonds is 7. The third kappa shape index (κ3) is 4.49. The Balaban J connectivity index is 2.21. The summed E-state index contributed by atoms with van der Waals surface area (Å²) in [6.07, 6.45) is 0.0970. The van der Waals surface area contributed by atoms with Crippen molar-refractivity contribution in [2.75, 3.05) is 7.11 Å². The van der Waals surface area contributed by atoms with Crippen molar-refractivity contribution in [3.05, 3.63) is 58.1 Å². The molecule has 24 heavy (non-hydrogen) atoms. The normalized spacial score (nSPS) is 11.4. The average molecular weight is 390 g/mol. The molecular formula is C18H16BrNO4. The number of ether oxygens (including phenoxy) is 2. The second-order valence-electron chi connectivity index (χ2n) is 5.11. The maximum atomic E-state index is 11.0. The molecule has 0 radical (unpaired) electrons. The van der Waals surface area contributed by atoms with E-state index in [9.17, 15) is 4.79 Å². The van der Waals surface area contributed by atoms with E-state index in [1.807, 2.05) is 30.3 Å². The largest absolute Gasteiger partial charge is 0.493 e. The second kappa shape index (κ2) is 8.37. The number of hydrogen-bond donors (Lipinski definition) is 1. The van der Waals surface area contributed by atoms with Crippen LogP contribution in [0.2, 0.25) is 0 Å². The predicted octanol–water partition coefficient (Wildman–Crippen LogP) is 3.80. The van der Waals surface area contributed by atoms with E-state index in [0.29, 0.717) is 28.1 Å². The van der Waals surface area contributed by atoms with E-state index < -0.39 is 11.9 Å². The van der Waals surface area contributed by atoms with Crippen LogP contribution < -0.4 is 9.47 Å². The average Bonchev–Trinajstić information content (AvgIpc) is 2.58. The molecule has 1 unspecified atom stereocenters. The summed E-state index contributed by atoms with van der Waals surface area (Å²) in [5, 5.41) is 17.9. The SMILES string of the molecule is COc1cc(CC(C#N)C(=O)O)cc(Br)c1OCc1ccccc1. The van der Waals surface area contributed by atoms with Gasteiger partial charge in [0.1, 0.15) is 12.5 Å². The summed E-state index contributed by atoms with van der Waals surface area (Å²) < 4.78 is 11.8. The summed E-state index contributed by atoms with van der Waals surface area (Å²) >= 11 is 3.43. The van der Waals surface area contributed by atoms with Crippen molar-refractivity contribution >= 4 is 21.9 Å². The topological polar surface area (TPSA) is 79.5 Å². The third-order valence-electron chi connectivity index (χ3n) is 3.41. The molecule has 0 heterocycles. The number of nitriles is 1. The van der Waals surface area contributed by atoms with Crippen LogP contribution >= 0.6 is 15.9 Å². The third-order valence-corrected chi connectivity index (χ3v) is 4.00.